The quantitative estimate of drug-likeness (QED) is 0.839. The van der Waals surface area contributed by atoms with Gasteiger partial charge in [-0.15, -0.1) is 11.3 Å². The molecule has 25 heavy (non-hydrogen) atoms. The average molecular weight is 354 g/mol. The van der Waals surface area contributed by atoms with E-state index in [-0.39, 0.29) is 17.9 Å². The lowest BCUT2D eigenvalue weighted by molar-refractivity contribution is -0.131. The van der Waals surface area contributed by atoms with Crippen molar-refractivity contribution in [2.75, 3.05) is 13.1 Å². The summed E-state index contributed by atoms with van der Waals surface area (Å²) in [6.07, 6.45) is 5.48. The maximum absolute atomic E-state index is 12.3. The predicted octanol–water partition coefficient (Wildman–Crippen LogP) is 3.11. The SMILES string of the molecule is O=C(/C=C/c1ccccc1)NC1CCN(C(=O)Cc2cccs2)CC1. The van der Waals surface area contributed by atoms with E-state index in [1.807, 2.05) is 58.8 Å². The van der Waals surface area contributed by atoms with Gasteiger partial charge in [-0.25, -0.2) is 0 Å². The first-order valence-corrected chi connectivity index (χ1v) is 9.42. The molecule has 5 heteroatoms. The van der Waals surface area contributed by atoms with Crippen LogP contribution in [0.2, 0.25) is 0 Å². The van der Waals surface area contributed by atoms with E-state index < -0.39 is 0 Å². The second-order valence-electron chi connectivity index (χ2n) is 6.16. The van der Waals surface area contributed by atoms with Gasteiger partial charge in [0.1, 0.15) is 0 Å². The van der Waals surface area contributed by atoms with Crippen molar-refractivity contribution in [1.29, 1.82) is 0 Å². The third-order valence-electron chi connectivity index (χ3n) is 4.33. The van der Waals surface area contributed by atoms with Crippen LogP contribution in [0.5, 0.6) is 0 Å². The summed E-state index contributed by atoms with van der Waals surface area (Å²) in [5.41, 5.74) is 1.01. The van der Waals surface area contributed by atoms with Crippen molar-refractivity contribution in [3.8, 4) is 0 Å². The van der Waals surface area contributed by atoms with Crippen LogP contribution in [0.25, 0.3) is 6.08 Å². The molecule has 1 fully saturated rings. The van der Waals surface area contributed by atoms with E-state index in [2.05, 4.69) is 5.32 Å². The van der Waals surface area contributed by atoms with Crippen LogP contribution in [0.4, 0.5) is 0 Å². The van der Waals surface area contributed by atoms with Crippen LogP contribution in [-0.4, -0.2) is 35.8 Å². The molecule has 2 heterocycles. The zero-order chi connectivity index (χ0) is 17.5. The van der Waals surface area contributed by atoms with Gasteiger partial charge in [0.25, 0.3) is 0 Å². The summed E-state index contributed by atoms with van der Waals surface area (Å²) in [5.74, 6) is 0.100. The van der Waals surface area contributed by atoms with Crippen LogP contribution in [-0.2, 0) is 16.0 Å². The van der Waals surface area contributed by atoms with Crippen molar-refractivity contribution in [1.82, 2.24) is 10.2 Å². The van der Waals surface area contributed by atoms with Crippen LogP contribution in [0.1, 0.15) is 23.3 Å². The summed E-state index contributed by atoms with van der Waals surface area (Å²) in [5, 5.41) is 5.03. The highest BCUT2D eigenvalue weighted by atomic mass is 32.1. The predicted molar refractivity (Wildman–Crippen MR) is 101 cm³/mol. The van der Waals surface area contributed by atoms with Crippen LogP contribution >= 0.6 is 11.3 Å². The monoisotopic (exact) mass is 354 g/mol. The summed E-state index contributed by atoms with van der Waals surface area (Å²) in [7, 11) is 0. The third kappa shape index (κ3) is 5.29. The molecule has 1 aromatic carbocycles. The van der Waals surface area contributed by atoms with Crippen molar-refractivity contribution < 1.29 is 9.59 Å². The standard InChI is InChI=1S/C20H22N2O2S/c23-19(9-8-16-5-2-1-3-6-16)21-17-10-12-22(13-11-17)20(24)15-18-7-4-14-25-18/h1-9,14,17H,10-13,15H2,(H,21,23)/b9-8+. The molecule has 1 aliphatic heterocycles. The van der Waals surface area contributed by atoms with E-state index in [9.17, 15) is 9.59 Å². The van der Waals surface area contributed by atoms with Crippen LogP contribution < -0.4 is 5.32 Å². The zero-order valence-corrected chi connectivity index (χ0v) is 14.9. The van der Waals surface area contributed by atoms with Gasteiger partial charge in [0.2, 0.25) is 11.8 Å². The van der Waals surface area contributed by atoms with Crippen molar-refractivity contribution in [2.45, 2.75) is 25.3 Å². The van der Waals surface area contributed by atoms with E-state index in [0.29, 0.717) is 19.5 Å². The number of amides is 2. The number of nitrogens with one attached hydrogen (secondary N) is 1. The Hall–Kier alpha value is -2.40. The molecule has 0 unspecified atom stereocenters. The van der Waals surface area contributed by atoms with Crippen molar-refractivity contribution >= 4 is 29.2 Å². The van der Waals surface area contributed by atoms with Gasteiger partial charge in [0.05, 0.1) is 6.42 Å². The van der Waals surface area contributed by atoms with Gasteiger partial charge >= 0.3 is 0 Å². The fraction of sp³-hybridized carbons (Fsp3) is 0.300. The van der Waals surface area contributed by atoms with Gasteiger partial charge in [0, 0.05) is 30.1 Å². The van der Waals surface area contributed by atoms with E-state index in [1.54, 1.807) is 17.4 Å². The smallest absolute Gasteiger partial charge is 0.244 e. The number of hydrogen-bond acceptors (Lipinski definition) is 3. The Balaban J connectivity index is 1.42. The number of nitrogens with zero attached hydrogens (tertiary/aromatic N) is 1. The molecule has 2 aromatic rings. The highest BCUT2D eigenvalue weighted by Gasteiger charge is 2.23. The molecule has 0 radical (unpaired) electrons. The number of rotatable bonds is 5. The summed E-state index contributed by atoms with van der Waals surface area (Å²) in [6, 6.07) is 13.9. The summed E-state index contributed by atoms with van der Waals surface area (Å²) < 4.78 is 0. The Kier molecular flexibility index (Phi) is 6.01. The average Bonchev–Trinajstić information content (AvgIpc) is 3.14. The lowest BCUT2D eigenvalue weighted by atomic mass is 10.0. The number of thiophene rings is 1. The van der Waals surface area contributed by atoms with Gasteiger partial charge in [-0.1, -0.05) is 36.4 Å². The second kappa shape index (κ2) is 8.62. The number of carbonyl (C=O) groups is 2. The molecule has 0 aliphatic carbocycles. The number of likely N-dealkylation sites (tertiary alicyclic amines) is 1. The maximum Gasteiger partial charge on any atom is 0.244 e. The summed E-state index contributed by atoms with van der Waals surface area (Å²) in [6.45, 7) is 1.41. The van der Waals surface area contributed by atoms with Gasteiger partial charge in [-0.2, -0.15) is 0 Å². The number of hydrogen-bond donors (Lipinski definition) is 1. The molecule has 4 nitrogen and oxygen atoms in total. The highest BCUT2D eigenvalue weighted by molar-refractivity contribution is 7.10. The Labute approximate surface area is 152 Å². The molecule has 1 N–H and O–H groups in total. The minimum atomic E-state index is -0.0767. The van der Waals surface area contributed by atoms with Crippen molar-refractivity contribution in [3.63, 3.8) is 0 Å². The minimum Gasteiger partial charge on any atom is -0.350 e. The number of piperidine rings is 1. The first-order chi connectivity index (χ1) is 12.2. The van der Waals surface area contributed by atoms with Gasteiger partial charge in [0.15, 0.2) is 0 Å². The summed E-state index contributed by atoms with van der Waals surface area (Å²) >= 11 is 1.62. The molecule has 1 saturated heterocycles. The molecule has 0 spiro atoms. The highest BCUT2D eigenvalue weighted by Crippen LogP contribution is 2.15. The van der Waals surface area contributed by atoms with Crippen molar-refractivity contribution in [2.24, 2.45) is 0 Å². The first-order valence-electron chi connectivity index (χ1n) is 8.54. The van der Waals surface area contributed by atoms with E-state index in [0.717, 1.165) is 23.3 Å². The lowest BCUT2D eigenvalue weighted by Crippen LogP contribution is -2.46. The van der Waals surface area contributed by atoms with E-state index in [4.69, 9.17) is 0 Å². The Morgan fingerprint density at radius 2 is 1.88 bits per heavy atom. The van der Waals surface area contributed by atoms with Crippen LogP contribution in [0.15, 0.2) is 53.9 Å². The molecule has 0 atom stereocenters. The Morgan fingerprint density at radius 3 is 2.56 bits per heavy atom. The van der Waals surface area contributed by atoms with E-state index >= 15 is 0 Å². The first kappa shape index (κ1) is 17.4. The lowest BCUT2D eigenvalue weighted by Gasteiger charge is -2.32. The molecule has 0 bridgehead atoms. The topological polar surface area (TPSA) is 49.4 Å². The van der Waals surface area contributed by atoms with Crippen LogP contribution in [0, 0.1) is 0 Å². The largest absolute Gasteiger partial charge is 0.350 e. The second-order valence-corrected chi connectivity index (χ2v) is 7.20. The zero-order valence-electron chi connectivity index (χ0n) is 14.1. The van der Waals surface area contributed by atoms with Crippen LogP contribution in [0.3, 0.4) is 0 Å². The Bertz CT molecular complexity index is 717. The molecule has 0 saturated carbocycles. The molecule has 1 aromatic heterocycles. The van der Waals surface area contributed by atoms with Gasteiger partial charge in [-0.05, 0) is 35.9 Å². The molecule has 3 rings (SSSR count). The maximum atomic E-state index is 12.3. The summed E-state index contributed by atoms with van der Waals surface area (Å²) in [4.78, 5) is 27.3. The molecular weight excluding hydrogens is 332 g/mol. The molecular formula is C20H22N2O2S. The minimum absolute atomic E-state index is 0.0767. The van der Waals surface area contributed by atoms with Gasteiger partial charge in [-0.3, -0.25) is 9.59 Å². The third-order valence-corrected chi connectivity index (χ3v) is 5.20. The fourth-order valence-corrected chi connectivity index (χ4v) is 3.63. The van der Waals surface area contributed by atoms with E-state index in [1.165, 1.54) is 0 Å². The molecule has 130 valence electrons. The number of carbonyl (C=O) groups excluding carboxylic acids is 2. The molecule has 2 amide bonds. The number of benzene rings is 1. The molecule has 1 aliphatic rings. The normalized spacial score (nSPS) is 15.4. The van der Waals surface area contributed by atoms with Gasteiger partial charge < -0.3 is 10.2 Å². The Morgan fingerprint density at radius 1 is 1.12 bits per heavy atom. The van der Waals surface area contributed by atoms with Crippen molar-refractivity contribution in [3.05, 3.63) is 64.4 Å². The fourth-order valence-electron chi connectivity index (χ4n) is 2.93.